The van der Waals surface area contributed by atoms with Crippen molar-refractivity contribution in [3.8, 4) is 0 Å². The summed E-state index contributed by atoms with van der Waals surface area (Å²) < 4.78 is 0. The minimum absolute atomic E-state index is 0.904. The van der Waals surface area contributed by atoms with Crippen LogP contribution >= 0.6 is 0 Å². The third kappa shape index (κ3) is 4.03. The summed E-state index contributed by atoms with van der Waals surface area (Å²) in [5.74, 6) is 0.904. The third-order valence-electron chi connectivity index (χ3n) is 3.09. The zero-order chi connectivity index (χ0) is 13.5. The Morgan fingerprint density at radius 3 is 2.37 bits per heavy atom. The smallest absolute Gasteiger partial charge is 0.125 e. The number of aromatic nitrogens is 2. The first-order chi connectivity index (χ1) is 9.31. The van der Waals surface area contributed by atoms with Crippen LogP contribution in [-0.4, -0.2) is 28.5 Å². The van der Waals surface area contributed by atoms with Gasteiger partial charge in [-0.25, -0.2) is 4.98 Å². The molecule has 0 aliphatic carbocycles. The van der Waals surface area contributed by atoms with Crippen LogP contribution in [0.2, 0.25) is 0 Å². The van der Waals surface area contributed by atoms with Gasteiger partial charge in [0.05, 0.1) is 0 Å². The molecule has 1 N–H and O–H groups in total. The van der Waals surface area contributed by atoms with Crippen molar-refractivity contribution < 1.29 is 0 Å². The molecule has 0 aliphatic rings. The Balaban J connectivity index is 1.98. The minimum Gasteiger partial charge on any atom is -0.373 e. The second kappa shape index (κ2) is 6.85. The van der Waals surface area contributed by atoms with E-state index in [2.05, 4.69) is 45.3 Å². The van der Waals surface area contributed by atoms with Crippen LogP contribution in [0.15, 0.2) is 42.9 Å². The summed E-state index contributed by atoms with van der Waals surface area (Å²) >= 11 is 0. The van der Waals surface area contributed by atoms with Crippen molar-refractivity contribution in [3.63, 3.8) is 0 Å². The maximum Gasteiger partial charge on any atom is 0.125 e. The van der Waals surface area contributed by atoms with Gasteiger partial charge in [-0.05, 0) is 35.9 Å². The summed E-state index contributed by atoms with van der Waals surface area (Å²) in [5, 5.41) is 3.03. The van der Waals surface area contributed by atoms with E-state index in [0.717, 1.165) is 25.5 Å². The van der Waals surface area contributed by atoms with Crippen molar-refractivity contribution in [1.29, 1.82) is 0 Å². The molecule has 0 saturated heterocycles. The topological polar surface area (TPSA) is 41.1 Å². The highest BCUT2D eigenvalue weighted by atomic mass is 15.1. The van der Waals surface area contributed by atoms with E-state index in [0.29, 0.717) is 0 Å². The zero-order valence-corrected chi connectivity index (χ0v) is 11.5. The first kappa shape index (κ1) is 13.5. The molecule has 4 heteroatoms. The zero-order valence-electron chi connectivity index (χ0n) is 11.5. The van der Waals surface area contributed by atoms with E-state index in [9.17, 15) is 0 Å². The van der Waals surface area contributed by atoms with E-state index in [-0.39, 0.29) is 0 Å². The molecule has 2 rings (SSSR count). The molecule has 0 aliphatic heterocycles. The summed E-state index contributed by atoms with van der Waals surface area (Å²) in [6.45, 7) is 5.04. The fraction of sp³-hybridized carbons (Fsp3) is 0.333. The van der Waals surface area contributed by atoms with Crippen molar-refractivity contribution in [2.75, 3.05) is 18.9 Å². The highest BCUT2D eigenvalue weighted by Crippen LogP contribution is 2.10. The van der Waals surface area contributed by atoms with Crippen LogP contribution in [0.4, 0.5) is 5.82 Å². The molecular weight excluding hydrogens is 236 g/mol. The number of rotatable bonds is 6. The van der Waals surface area contributed by atoms with Crippen LogP contribution in [0, 0.1) is 0 Å². The monoisotopic (exact) mass is 256 g/mol. The molecule has 0 atom stereocenters. The van der Waals surface area contributed by atoms with Gasteiger partial charge in [0.15, 0.2) is 0 Å². The van der Waals surface area contributed by atoms with Crippen molar-refractivity contribution in [2.45, 2.75) is 20.0 Å². The lowest BCUT2D eigenvalue weighted by Gasteiger charge is -2.20. The molecule has 0 spiro atoms. The molecule has 4 nitrogen and oxygen atoms in total. The lowest BCUT2D eigenvalue weighted by Crippen LogP contribution is -2.22. The van der Waals surface area contributed by atoms with Gasteiger partial charge in [0.1, 0.15) is 5.82 Å². The fourth-order valence-electron chi connectivity index (χ4n) is 1.95. The molecule has 100 valence electrons. The Morgan fingerprint density at radius 1 is 1.05 bits per heavy atom. The van der Waals surface area contributed by atoms with Crippen molar-refractivity contribution in [3.05, 3.63) is 54.0 Å². The molecule has 19 heavy (non-hydrogen) atoms. The molecule has 2 heterocycles. The van der Waals surface area contributed by atoms with E-state index in [1.54, 1.807) is 0 Å². The second-order valence-corrected chi connectivity index (χ2v) is 4.46. The standard InChI is InChI=1S/C15H20N4/c1-3-19(11-13-6-8-17-9-7-13)12-14-4-5-15(16-2)18-10-14/h4-10H,3,11-12H2,1-2H3,(H,16,18). The number of pyridine rings is 2. The molecule has 0 unspecified atom stereocenters. The highest BCUT2D eigenvalue weighted by Gasteiger charge is 2.05. The third-order valence-corrected chi connectivity index (χ3v) is 3.09. The Labute approximate surface area is 114 Å². The van der Waals surface area contributed by atoms with E-state index in [1.807, 2.05) is 31.7 Å². The number of nitrogens with zero attached hydrogens (tertiary/aromatic N) is 3. The van der Waals surface area contributed by atoms with Crippen LogP contribution in [0.5, 0.6) is 0 Å². The molecule has 0 bridgehead atoms. The van der Waals surface area contributed by atoms with Crippen LogP contribution in [0.25, 0.3) is 0 Å². The SMILES string of the molecule is CCN(Cc1ccncc1)Cc1ccc(NC)nc1. The molecule has 0 fully saturated rings. The Kier molecular flexibility index (Phi) is 4.86. The van der Waals surface area contributed by atoms with Gasteiger partial charge in [0.25, 0.3) is 0 Å². The summed E-state index contributed by atoms with van der Waals surface area (Å²) in [5.41, 5.74) is 2.52. The number of anilines is 1. The first-order valence-corrected chi connectivity index (χ1v) is 6.55. The largest absolute Gasteiger partial charge is 0.373 e. The van der Waals surface area contributed by atoms with Gasteiger partial charge in [-0.1, -0.05) is 13.0 Å². The number of hydrogen-bond donors (Lipinski definition) is 1. The van der Waals surface area contributed by atoms with Crippen molar-refractivity contribution in [2.24, 2.45) is 0 Å². The summed E-state index contributed by atoms with van der Waals surface area (Å²) in [4.78, 5) is 10.8. The van der Waals surface area contributed by atoms with Gasteiger partial charge in [0.2, 0.25) is 0 Å². The van der Waals surface area contributed by atoms with E-state index in [4.69, 9.17) is 0 Å². The average Bonchev–Trinajstić information content (AvgIpc) is 2.48. The average molecular weight is 256 g/mol. The molecule has 0 radical (unpaired) electrons. The quantitative estimate of drug-likeness (QED) is 0.862. The predicted octanol–water partition coefficient (Wildman–Crippen LogP) is 2.54. The predicted molar refractivity (Wildman–Crippen MR) is 77.8 cm³/mol. The lowest BCUT2D eigenvalue weighted by atomic mass is 10.2. The van der Waals surface area contributed by atoms with E-state index < -0.39 is 0 Å². The van der Waals surface area contributed by atoms with Crippen LogP contribution in [0.3, 0.4) is 0 Å². The Bertz CT molecular complexity index is 481. The van der Waals surface area contributed by atoms with Gasteiger partial charge in [-0.3, -0.25) is 9.88 Å². The molecule has 0 saturated carbocycles. The van der Waals surface area contributed by atoms with Crippen molar-refractivity contribution in [1.82, 2.24) is 14.9 Å². The van der Waals surface area contributed by atoms with Crippen molar-refractivity contribution >= 4 is 5.82 Å². The summed E-state index contributed by atoms with van der Waals surface area (Å²) in [6.07, 6.45) is 5.61. The Morgan fingerprint density at radius 2 is 1.79 bits per heavy atom. The fourth-order valence-corrected chi connectivity index (χ4v) is 1.95. The normalized spacial score (nSPS) is 10.7. The minimum atomic E-state index is 0.904. The molecule has 2 aromatic rings. The highest BCUT2D eigenvalue weighted by molar-refractivity contribution is 5.34. The second-order valence-electron chi connectivity index (χ2n) is 4.46. The maximum atomic E-state index is 4.34. The summed E-state index contributed by atoms with van der Waals surface area (Å²) in [6, 6.07) is 8.25. The van der Waals surface area contributed by atoms with E-state index in [1.165, 1.54) is 11.1 Å². The van der Waals surface area contributed by atoms with Gasteiger partial charge in [0, 0.05) is 38.7 Å². The lowest BCUT2D eigenvalue weighted by molar-refractivity contribution is 0.271. The number of hydrogen-bond acceptors (Lipinski definition) is 4. The Hall–Kier alpha value is -1.94. The van der Waals surface area contributed by atoms with E-state index >= 15 is 0 Å². The maximum absolute atomic E-state index is 4.34. The van der Waals surface area contributed by atoms with Crippen LogP contribution in [-0.2, 0) is 13.1 Å². The molecular formula is C15H20N4. The van der Waals surface area contributed by atoms with Gasteiger partial charge in [-0.2, -0.15) is 0 Å². The summed E-state index contributed by atoms with van der Waals surface area (Å²) in [7, 11) is 1.88. The van der Waals surface area contributed by atoms with Gasteiger partial charge in [-0.15, -0.1) is 0 Å². The first-order valence-electron chi connectivity index (χ1n) is 6.55. The number of nitrogens with one attached hydrogen (secondary N) is 1. The van der Waals surface area contributed by atoms with Crippen LogP contribution in [0.1, 0.15) is 18.1 Å². The molecule has 0 aromatic carbocycles. The van der Waals surface area contributed by atoms with Gasteiger partial charge < -0.3 is 5.32 Å². The van der Waals surface area contributed by atoms with Crippen LogP contribution < -0.4 is 5.32 Å². The molecule has 0 amide bonds. The van der Waals surface area contributed by atoms with Gasteiger partial charge >= 0.3 is 0 Å². The molecule has 2 aromatic heterocycles.